The number of aliphatic carboxylic acids is 1. The summed E-state index contributed by atoms with van der Waals surface area (Å²) in [6.07, 6.45) is 1.88. The molecule has 0 unspecified atom stereocenters. The molecule has 4 nitrogen and oxygen atoms in total. The summed E-state index contributed by atoms with van der Waals surface area (Å²) in [6, 6.07) is 0. The van der Waals surface area contributed by atoms with Gasteiger partial charge in [-0.25, -0.2) is 0 Å². The standard InChI is InChI=1S/C5H11NO2.C5H11N/c1-6(2,3)4-5(7)8;1-4-5-6(2)3/h4H2,1-3H3;4H,1,5H2,2-3H3. The van der Waals surface area contributed by atoms with Crippen LogP contribution in [0.25, 0.3) is 0 Å². The predicted octanol–water partition coefficient (Wildman–Crippen LogP) is -0.823. The fourth-order valence-electron chi connectivity index (χ4n) is 0.645. The van der Waals surface area contributed by atoms with Gasteiger partial charge < -0.3 is 19.3 Å². The first-order valence-electron chi connectivity index (χ1n) is 4.45. The molecular weight excluding hydrogens is 180 g/mol. The molecule has 0 aromatic carbocycles. The maximum absolute atomic E-state index is 9.89. The molecule has 0 aliphatic carbocycles. The molecule has 0 atom stereocenters. The summed E-state index contributed by atoms with van der Waals surface area (Å²) < 4.78 is 0.419. The maximum atomic E-state index is 9.89. The van der Waals surface area contributed by atoms with Gasteiger partial charge >= 0.3 is 0 Å². The van der Waals surface area contributed by atoms with Crippen LogP contribution in [0.3, 0.4) is 0 Å². The quantitative estimate of drug-likeness (QED) is 0.442. The van der Waals surface area contributed by atoms with Gasteiger partial charge in [-0.05, 0) is 14.1 Å². The van der Waals surface area contributed by atoms with Crippen molar-refractivity contribution < 1.29 is 14.4 Å². The summed E-state index contributed by atoms with van der Waals surface area (Å²) in [4.78, 5) is 12.0. The van der Waals surface area contributed by atoms with Gasteiger partial charge in [0.1, 0.15) is 6.54 Å². The first kappa shape index (κ1) is 15.6. The lowest BCUT2D eigenvalue weighted by molar-refractivity contribution is -0.864. The van der Waals surface area contributed by atoms with Crippen LogP contribution in [0, 0.1) is 0 Å². The number of quaternary nitrogens is 1. The van der Waals surface area contributed by atoms with Crippen LogP contribution < -0.4 is 5.11 Å². The number of carboxylic acid groups (broad SMARTS) is 1. The lowest BCUT2D eigenvalue weighted by Gasteiger charge is -2.23. The number of carbonyl (C=O) groups excluding carboxylic acids is 1. The molecule has 0 N–H and O–H groups in total. The van der Waals surface area contributed by atoms with Crippen LogP contribution in [0.2, 0.25) is 0 Å². The van der Waals surface area contributed by atoms with E-state index < -0.39 is 5.97 Å². The average Bonchev–Trinajstić information content (AvgIpc) is 1.80. The monoisotopic (exact) mass is 202 g/mol. The van der Waals surface area contributed by atoms with E-state index in [2.05, 4.69) is 11.5 Å². The van der Waals surface area contributed by atoms with Gasteiger partial charge in [-0.1, -0.05) is 6.08 Å². The molecule has 0 saturated heterocycles. The Labute approximate surface area is 87.0 Å². The third-order valence-corrected chi connectivity index (χ3v) is 1.10. The highest BCUT2D eigenvalue weighted by molar-refractivity contribution is 5.65. The molecule has 0 aliphatic heterocycles. The van der Waals surface area contributed by atoms with Crippen molar-refractivity contribution in [2.45, 2.75) is 0 Å². The molecule has 0 aromatic rings. The minimum absolute atomic E-state index is 0.0694. The van der Waals surface area contributed by atoms with Crippen molar-refractivity contribution in [2.75, 3.05) is 48.3 Å². The molecule has 0 aliphatic rings. The first-order chi connectivity index (χ1) is 6.19. The highest BCUT2D eigenvalue weighted by Crippen LogP contribution is 1.84. The zero-order valence-corrected chi connectivity index (χ0v) is 9.91. The minimum atomic E-state index is -1.00. The molecular formula is C10H22N2O2. The van der Waals surface area contributed by atoms with Crippen molar-refractivity contribution in [2.24, 2.45) is 0 Å². The first-order valence-corrected chi connectivity index (χ1v) is 4.45. The molecule has 0 radical (unpaired) electrons. The Kier molecular flexibility index (Phi) is 8.38. The molecule has 0 fully saturated rings. The van der Waals surface area contributed by atoms with Crippen LogP contribution in [0.4, 0.5) is 0 Å². The molecule has 84 valence electrons. The topological polar surface area (TPSA) is 43.4 Å². The number of hydrogen-bond donors (Lipinski definition) is 0. The lowest BCUT2D eigenvalue weighted by atomic mass is 10.5. The Morgan fingerprint density at radius 3 is 1.86 bits per heavy atom. The highest BCUT2D eigenvalue weighted by atomic mass is 16.4. The number of rotatable bonds is 4. The third kappa shape index (κ3) is 22.5. The second kappa shape index (κ2) is 7.53. The smallest absolute Gasteiger partial charge is 0.118 e. The van der Waals surface area contributed by atoms with Crippen molar-refractivity contribution in [3.05, 3.63) is 12.7 Å². The van der Waals surface area contributed by atoms with E-state index in [1.165, 1.54) is 0 Å². The zero-order valence-electron chi connectivity index (χ0n) is 9.91. The molecule has 4 heteroatoms. The Hall–Kier alpha value is -0.870. The van der Waals surface area contributed by atoms with E-state index in [9.17, 15) is 9.90 Å². The van der Waals surface area contributed by atoms with Gasteiger partial charge in [0.15, 0.2) is 0 Å². The summed E-state index contributed by atoms with van der Waals surface area (Å²) in [7, 11) is 9.44. The largest absolute Gasteiger partial charge is 0.544 e. The molecule has 0 rings (SSSR count). The molecule has 0 bridgehead atoms. The fourth-order valence-corrected chi connectivity index (χ4v) is 0.645. The van der Waals surface area contributed by atoms with Gasteiger partial charge in [0.25, 0.3) is 0 Å². The summed E-state index contributed by atoms with van der Waals surface area (Å²) in [5.41, 5.74) is 0. The summed E-state index contributed by atoms with van der Waals surface area (Å²) in [6.45, 7) is 4.60. The maximum Gasteiger partial charge on any atom is 0.118 e. The molecule has 0 spiro atoms. The average molecular weight is 202 g/mol. The van der Waals surface area contributed by atoms with Crippen LogP contribution in [0.15, 0.2) is 12.7 Å². The van der Waals surface area contributed by atoms with E-state index >= 15 is 0 Å². The Morgan fingerprint density at radius 2 is 1.86 bits per heavy atom. The van der Waals surface area contributed by atoms with E-state index in [1.54, 1.807) is 21.1 Å². The number of carboxylic acids is 1. The van der Waals surface area contributed by atoms with Gasteiger partial charge in [-0.2, -0.15) is 0 Å². The van der Waals surface area contributed by atoms with Crippen LogP contribution >= 0.6 is 0 Å². The lowest BCUT2D eigenvalue weighted by Crippen LogP contribution is -2.45. The van der Waals surface area contributed by atoms with Crippen LogP contribution in [-0.4, -0.2) is 63.7 Å². The number of nitrogens with zero attached hydrogens (tertiary/aromatic N) is 2. The van der Waals surface area contributed by atoms with E-state index in [0.29, 0.717) is 4.48 Å². The fraction of sp³-hybridized carbons (Fsp3) is 0.700. The molecule has 0 saturated carbocycles. The molecule has 0 amide bonds. The minimum Gasteiger partial charge on any atom is -0.544 e. The Balaban J connectivity index is 0. The van der Waals surface area contributed by atoms with Gasteiger partial charge in [0, 0.05) is 6.54 Å². The summed E-state index contributed by atoms with van der Waals surface area (Å²) in [5.74, 6) is -1.00. The number of carbonyl (C=O) groups is 1. The van der Waals surface area contributed by atoms with E-state index in [4.69, 9.17) is 0 Å². The van der Waals surface area contributed by atoms with Crippen LogP contribution in [-0.2, 0) is 4.79 Å². The zero-order chi connectivity index (χ0) is 11.8. The van der Waals surface area contributed by atoms with Crippen LogP contribution in [0.5, 0.6) is 0 Å². The molecule has 0 heterocycles. The van der Waals surface area contributed by atoms with Gasteiger partial charge in [-0.3, -0.25) is 0 Å². The normalized spacial score (nSPS) is 10.4. The van der Waals surface area contributed by atoms with Crippen molar-refractivity contribution in [3.8, 4) is 0 Å². The van der Waals surface area contributed by atoms with E-state index in [-0.39, 0.29) is 6.54 Å². The molecule has 14 heavy (non-hydrogen) atoms. The van der Waals surface area contributed by atoms with Crippen molar-refractivity contribution >= 4 is 5.97 Å². The number of likely N-dealkylation sites (N-methyl/N-ethyl adjacent to an activating group) is 2. The second-order valence-electron chi connectivity index (χ2n) is 4.37. The van der Waals surface area contributed by atoms with Crippen molar-refractivity contribution in [3.63, 3.8) is 0 Å². The summed E-state index contributed by atoms with van der Waals surface area (Å²) in [5, 5.41) is 9.89. The second-order valence-corrected chi connectivity index (χ2v) is 4.37. The van der Waals surface area contributed by atoms with Crippen LogP contribution in [0.1, 0.15) is 0 Å². The summed E-state index contributed by atoms with van der Waals surface area (Å²) >= 11 is 0. The predicted molar refractivity (Wildman–Crippen MR) is 56.7 cm³/mol. The van der Waals surface area contributed by atoms with Gasteiger partial charge in [0.2, 0.25) is 0 Å². The van der Waals surface area contributed by atoms with Crippen molar-refractivity contribution in [1.82, 2.24) is 4.90 Å². The van der Waals surface area contributed by atoms with Gasteiger partial charge in [0.05, 0.1) is 27.1 Å². The Morgan fingerprint density at radius 1 is 1.43 bits per heavy atom. The Bertz CT molecular complexity index is 171. The SMILES string of the molecule is C=CCN(C)C.C[N+](C)(C)CC(=O)[O-]. The van der Waals surface area contributed by atoms with Gasteiger partial charge in [-0.15, -0.1) is 6.58 Å². The van der Waals surface area contributed by atoms with Crippen molar-refractivity contribution in [1.29, 1.82) is 0 Å². The highest BCUT2D eigenvalue weighted by Gasteiger charge is 2.04. The number of hydrogen-bond acceptors (Lipinski definition) is 3. The molecule has 0 aromatic heterocycles. The van der Waals surface area contributed by atoms with E-state index in [1.807, 2.05) is 20.2 Å². The van der Waals surface area contributed by atoms with E-state index in [0.717, 1.165) is 6.54 Å². The third-order valence-electron chi connectivity index (χ3n) is 1.10.